The van der Waals surface area contributed by atoms with Crippen molar-refractivity contribution < 1.29 is 9.90 Å². The lowest BCUT2D eigenvalue weighted by molar-refractivity contribution is -0.144. The molecule has 0 radical (unpaired) electrons. The van der Waals surface area contributed by atoms with E-state index in [4.69, 9.17) is 11.6 Å². The molecule has 2 aliphatic carbocycles. The summed E-state index contributed by atoms with van der Waals surface area (Å²) >= 11 is 6.17. The van der Waals surface area contributed by atoms with Crippen molar-refractivity contribution in [2.75, 3.05) is 5.32 Å². The minimum absolute atomic E-state index is 0.0816. The molecule has 0 bridgehead atoms. The molecule has 0 heterocycles. The number of benzene rings is 3. The van der Waals surface area contributed by atoms with Crippen molar-refractivity contribution in [3.63, 3.8) is 0 Å². The van der Waals surface area contributed by atoms with E-state index in [0.29, 0.717) is 23.8 Å². The van der Waals surface area contributed by atoms with Gasteiger partial charge in [-0.3, -0.25) is 0 Å². The molecular weight excluding hydrogens is 454 g/mol. The van der Waals surface area contributed by atoms with Crippen LogP contribution >= 0.6 is 11.6 Å². The molecule has 0 saturated heterocycles. The first-order valence-corrected chi connectivity index (χ1v) is 13.3. The number of carbonyl (C=O) groups is 1. The number of rotatable bonds is 8. The largest absolute Gasteiger partial charge is 0.480 e. The Balaban J connectivity index is 1.32. The van der Waals surface area contributed by atoms with Gasteiger partial charge in [0.2, 0.25) is 0 Å². The van der Waals surface area contributed by atoms with Crippen LogP contribution in [-0.4, -0.2) is 16.6 Å². The molecule has 1 fully saturated rings. The Kier molecular flexibility index (Phi) is 6.88. The Morgan fingerprint density at radius 3 is 2.40 bits per heavy atom. The summed E-state index contributed by atoms with van der Waals surface area (Å²) in [7, 11) is 0. The minimum atomic E-state index is -0.953. The highest BCUT2D eigenvalue weighted by Gasteiger charge is 2.53. The number of halogens is 1. The predicted molar refractivity (Wildman–Crippen MR) is 143 cm³/mol. The quantitative estimate of drug-likeness (QED) is 0.320. The molecule has 0 aliphatic heterocycles. The second-order valence-corrected chi connectivity index (χ2v) is 10.9. The molecule has 3 nitrogen and oxygen atoms in total. The number of aryl methyl sites for hydroxylation is 1. The fourth-order valence-corrected chi connectivity index (χ4v) is 6.83. The summed E-state index contributed by atoms with van der Waals surface area (Å²) in [6, 6.07) is 27.0. The van der Waals surface area contributed by atoms with Crippen molar-refractivity contribution in [1.82, 2.24) is 0 Å². The maximum absolute atomic E-state index is 12.5. The number of fused-ring (bicyclic) bond motifs is 2. The van der Waals surface area contributed by atoms with E-state index >= 15 is 0 Å². The van der Waals surface area contributed by atoms with Crippen molar-refractivity contribution >= 4 is 23.3 Å². The predicted octanol–water partition coefficient (Wildman–Crippen LogP) is 7.67. The van der Waals surface area contributed by atoms with Gasteiger partial charge in [-0.05, 0) is 97.6 Å². The van der Waals surface area contributed by atoms with E-state index in [9.17, 15) is 9.90 Å². The van der Waals surface area contributed by atoms with Gasteiger partial charge in [0.1, 0.15) is 5.54 Å². The lowest BCUT2D eigenvalue weighted by Crippen LogP contribution is -2.53. The average Bonchev–Trinajstić information content (AvgIpc) is 3.17. The van der Waals surface area contributed by atoms with Gasteiger partial charge in [-0.25, -0.2) is 4.79 Å². The Bertz CT molecular complexity index is 1170. The molecule has 3 aromatic carbocycles. The normalized spacial score (nSPS) is 25.3. The molecule has 4 heteroatoms. The van der Waals surface area contributed by atoms with Crippen LogP contribution in [0.1, 0.15) is 61.6 Å². The molecule has 1 atom stereocenters. The Hall–Kier alpha value is -2.78. The van der Waals surface area contributed by atoms with Crippen LogP contribution in [-0.2, 0) is 23.1 Å². The standard InChI is InChI=1S/C31H34ClNO2/c32-26-14-8-15-27(22-26)33-31(29(34)35)19-17-30(18-20-31)25(21-24-12-5-7-16-28(24)30)13-6-4-11-23-9-2-1-3-10-23/h1-3,5,7-10,12,14-16,22,25,33H,4,6,11,13,17-21H2,(H,34,35). The van der Waals surface area contributed by atoms with Crippen molar-refractivity contribution in [3.05, 3.63) is 101 Å². The first-order chi connectivity index (χ1) is 17.0. The second kappa shape index (κ2) is 10.1. The zero-order valence-corrected chi connectivity index (χ0v) is 20.9. The summed E-state index contributed by atoms with van der Waals surface area (Å²) in [4.78, 5) is 12.5. The molecule has 1 spiro atoms. The SMILES string of the molecule is O=C(O)C1(Nc2cccc(Cl)c2)CCC2(CC1)c1ccccc1CC2CCCCc1ccccc1. The Morgan fingerprint density at radius 1 is 0.914 bits per heavy atom. The second-order valence-electron chi connectivity index (χ2n) is 10.5. The van der Waals surface area contributed by atoms with Crippen molar-refractivity contribution in [1.29, 1.82) is 0 Å². The van der Waals surface area contributed by atoms with Crippen LogP contribution in [0, 0.1) is 5.92 Å². The highest BCUT2D eigenvalue weighted by Crippen LogP contribution is 2.55. The van der Waals surface area contributed by atoms with Crippen molar-refractivity contribution in [2.45, 2.75) is 68.7 Å². The molecule has 1 unspecified atom stereocenters. The van der Waals surface area contributed by atoms with Crippen LogP contribution in [0.15, 0.2) is 78.9 Å². The monoisotopic (exact) mass is 487 g/mol. The third kappa shape index (κ3) is 4.84. The molecule has 35 heavy (non-hydrogen) atoms. The fraction of sp³-hybridized carbons (Fsp3) is 0.387. The van der Waals surface area contributed by atoms with Crippen LogP contribution in [0.3, 0.4) is 0 Å². The van der Waals surface area contributed by atoms with Crippen molar-refractivity contribution in [2.24, 2.45) is 5.92 Å². The topological polar surface area (TPSA) is 49.3 Å². The van der Waals surface area contributed by atoms with Gasteiger partial charge >= 0.3 is 5.97 Å². The third-order valence-corrected chi connectivity index (χ3v) is 8.76. The van der Waals surface area contributed by atoms with E-state index in [1.54, 1.807) is 0 Å². The zero-order valence-electron chi connectivity index (χ0n) is 20.2. The highest BCUT2D eigenvalue weighted by atomic mass is 35.5. The van der Waals surface area contributed by atoms with E-state index in [1.165, 1.54) is 36.0 Å². The van der Waals surface area contributed by atoms with Gasteiger partial charge < -0.3 is 10.4 Å². The number of carboxylic acids is 1. The number of anilines is 1. The third-order valence-electron chi connectivity index (χ3n) is 8.53. The molecule has 0 amide bonds. The minimum Gasteiger partial charge on any atom is -0.480 e. The van der Waals surface area contributed by atoms with Gasteiger partial charge in [0, 0.05) is 10.7 Å². The van der Waals surface area contributed by atoms with E-state index in [0.717, 1.165) is 31.4 Å². The van der Waals surface area contributed by atoms with Crippen LogP contribution in [0.25, 0.3) is 0 Å². The first kappa shape index (κ1) is 23.9. The molecule has 2 N–H and O–H groups in total. The first-order valence-electron chi connectivity index (χ1n) is 12.9. The lowest BCUT2D eigenvalue weighted by atomic mass is 9.60. The van der Waals surface area contributed by atoms with Gasteiger partial charge in [-0.1, -0.05) is 78.7 Å². The van der Waals surface area contributed by atoms with Gasteiger partial charge in [0.05, 0.1) is 0 Å². The summed E-state index contributed by atoms with van der Waals surface area (Å²) in [5, 5.41) is 14.3. The number of carboxylic acid groups (broad SMARTS) is 1. The van der Waals surface area contributed by atoms with Crippen LogP contribution in [0.4, 0.5) is 5.69 Å². The number of unbranched alkanes of at least 4 members (excludes halogenated alkanes) is 1. The number of hydrogen-bond donors (Lipinski definition) is 2. The van der Waals surface area contributed by atoms with Crippen LogP contribution < -0.4 is 5.32 Å². The van der Waals surface area contributed by atoms with Gasteiger partial charge in [0.25, 0.3) is 0 Å². The van der Waals surface area contributed by atoms with Gasteiger partial charge in [-0.15, -0.1) is 0 Å². The summed E-state index contributed by atoms with van der Waals surface area (Å²) in [6.45, 7) is 0. The molecule has 5 rings (SSSR count). The van der Waals surface area contributed by atoms with Gasteiger partial charge in [0.15, 0.2) is 0 Å². The van der Waals surface area contributed by atoms with Gasteiger partial charge in [-0.2, -0.15) is 0 Å². The summed E-state index contributed by atoms with van der Waals surface area (Å²) in [5.41, 5.74) is 4.25. The number of aliphatic carboxylic acids is 1. The molecular formula is C31H34ClNO2. The molecule has 2 aliphatic rings. The summed E-state index contributed by atoms with van der Waals surface area (Å²) in [6.07, 6.45) is 8.86. The number of nitrogens with one attached hydrogen (secondary N) is 1. The summed E-state index contributed by atoms with van der Waals surface area (Å²) < 4.78 is 0. The lowest BCUT2D eigenvalue weighted by Gasteiger charge is -2.47. The van der Waals surface area contributed by atoms with E-state index < -0.39 is 11.5 Å². The highest BCUT2D eigenvalue weighted by molar-refractivity contribution is 6.30. The molecule has 3 aromatic rings. The molecule has 1 saturated carbocycles. The van der Waals surface area contributed by atoms with Crippen LogP contribution in [0.2, 0.25) is 5.02 Å². The van der Waals surface area contributed by atoms with E-state index in [2.05, 4.69) is 59.9 Å². The zero-order chi connectivity index (χ0) is 24.3. The van der Waals surface area contributed by atoms with Crippen LogP contribution in [0.5, 0.6) is 0 Å². The maximum atomic E-state index is 12.5. The average molecular weight is 488 g/mol. The smallest absolute Gasteiger partial charge is 0.329 e. The number of hydrogen-bond acceptors (Lipinski definition) is 2. The summed E-state index contributed by atoms with van der Waals surface area (Å²) in [5.74, 6) is -0.188. The maximum Gasteiger partial charge on any atom is 0.329 e. The Labute approximate surface area is 213 Å². The Morgan fingerprint density at radius 2 is 1.66 bits per heavy atom. The molecule has 182 valence electrons. The van der Waals surface area contributed by atoms with Crippen molar-refractivity contribution in [3.8, 4) is 0 Å². The van der Waals surface area contributed by atoms with E-state index in [-0.39, 0.29) is 5.41 Å². The molecule has 0 aromatic heterocycles. The van der Waals surface area contributed by atoms with E-state index in [1.807, 2.05) is 24.3 Å². The fourth-order valence-electron chi connectivity index (χ4n) is 6.64.